The van der Waals surface area contributed by atoms with Gasteiger partial charge in [0.15, 0.2) is 6.20 Å². The second-order valence-electron chi connectivity index (χ2n) is 9.63. The SMILES string of the molecule is Cc1cc(C)c(-c2c3c(c(C)c4ccccc24)-c2c4c(cc(C)cc4cc[n+]2C)O3)c(C)c1. The summed E-state index contributed by atoms with van der Waals surface area (Å²) in [5.41, 5.74) is 11.2. The smallest absolute Gasteiger partial charge is 0.228 e. The van der Waals surface area contributed by atoms with Crippen LogP contribution in [-0.4, -0.2) is 0 Å². The predicted octanol–water partition coefficient (Wildman–Crippen LogP) is 7.80. The first kappa shape index (κ1) is 20.0. The van der Waals surface area contributed by atoms with E-state index in [2.05, 4.69) is 107 Å². The lowest BCUT2D eigenvalue weighted by Gasteiger charge is -2.26. The van der Waals surface area contributed by atoms with Crippen LogP contribution in [0.3, 0.4) is 0 Å². The summed E-state index contributed by atoms with van der Waals surface area (Å²) < 4.78 is 9.14. The molecule has 6 rings (SSSR count). The summed E-state index contributed by atoms with van der Waals surface area (Å²) in [6.45, 7) is 11.0. The van der Waals surface area contributed by atoms with E-state index in [-0.39, 0.29) is 0 Å². The first-order valence-electron chi connectivity index (χ1n) is 11.6. The van der Waals surface area contributed by atoms with E-state index in [1.807, 2.05) is 0 Å². The molecule has 2 heterocycles. The number of hydrogen-bond acceptors (Lipinski definition) is 1. The average molecular weight is 431 g/mol. The summed E-state index contributed by atoms with van der Waals surface area (Å²) >= 11 is 0. The molecule has 0 radical (unpaired) electrons. The molecule has 33 heavy (non-hydrogen) atoms. The number of hydrogen-bond donors (Lipinski definition) is 0. The standard InChI is InChI=1S/C31H28NO/c1-17-13-19(3)26(20(4)14-17)29-24-10-8-7-9-23(24)21(5)27-30-28-22(11-12-32(30)6)15-18(2)16-25(28)33-31(27)29/h7-16H,1-6H3/q+1. The Morgan fingerprint density at radius 3 is 2.09 bits per heavy atom. The minimum Gasteiger partial charge on any atom is -0.455 e. The lowest BCUT2D eigenvalue weighted by atomic mass is 9.83. The van der Waals surface area contributed by atoms with Gasteiger partial charge in [-0.25, -0.2) is 4.57 Å². The summed E-state index contributed by atoms with van der Waals surface area (Å²) in [7, 11) is 2.14. The third kappa shape index (κ3) is 2.77. The average Bonchev–Trinajstić information content (AvgIpc) is 2.77. The lowest BCUT2D eigenvalue weighted by Crippen LogP contribution is -2.32. The van der Waals surface area contributed by atoms with E-state index >= 15 is 0 Å². The van der Waals surface area contributed by atoms with Crippen LogP contribution in [0.25, 0.3) is 43.9 Å². The number of benzene rings is 4. The largest absolute Gasteiger partial charge is 0.455 e. The molecule has 1 aliphatic heterocycles. The van der Waals surface area contributed by atoms with Gasteiger partial charge < -0.3 is 4.74 Å². The number of aromatic nitrogens is 1. The molecule has 5 aromatic rings. The maximum atomic E-state index is 6.89. The van der Waals surface area contributed by atoms with E-state index in [0.29, 0.717) is 0 Å². The molecule has 0 spiro atoms. The van der Waals surface area contributed by atoms with Crippen molar-refractivity contribution in [1.29, 1.82) is 0 Å². The van der Waals surface area contributed by atoms with Crippen LogP contribution in [0.4, 0.5) is 0 Å². The van der Waals surface area contributed by atoms with E-state index in [1.165, 1.54) is 71.7 Å². The third-order valence-corrected chi connectivity index (χ3v) is 7.15. The molecule has 1 aromatic heterocycles. The fraction of sp³-hybridized carbons (Fsp3) is 0.194. The van der Waals surface area contributed by atoms with Crippen LogP contribution in [-0.2, 0) is 7.05 Å². The zero-order chi connectivity index (χ0) is 23.0. The molecule has 4 aromatic carbocycles. The van der Waals surface area contributed by atoms with Gasteiger partial charge in [0.2, 0.25) is 5.69 Å². The first-order chi connectivity index (χ1) is 15.8. The zero-order valence-electron chi connectivity index (χ0n) is 20.1. The Hall–Kier alpha value is -3.65. The Bertz CT molecular complexity index is 1620. The molecule has 0 saturated heterocycles. The maximum absolute atomic E-state index is 6.89. The molecule has 2 nitrogen and oxygen atoms in total. The van der Waals surface area contributed by atoms with Crippen molar-refractivity contribution in [2.75, 3.05) is 0 Å². The summed E-state index contributed by atoms with van der Waals surface area (Å²) in [4.78, 5) is 0. The highest BCUT2D eigenvalue weighted by molar-refractivity contribution is 6.12. The van der Waals surface area contributed by atoms with Gasteiger partial charge in [-0.05, 0) is 84.7 Å². The van der Waals surface area contributed by atoms with E-state index in [9.17, 15) is 0 Å². The number of aryl methyl sites for hydroxylation is 6. The van der Waals surface area contributed by atoms with Crippen molar-refractivity contribution >= 4 is 21.5 Å². The van der Waals surface area contributed by atoms with E-state index in [1.54, 1.807) is 0 Å². The number of pyridine rings is 1. The Morgan fingerprint density at radius 1 is 0.697 bits per heavy atom. The number of ether oxygens (including phenoxy) is 1. The number of nitrogens with zero attached hydrogens (tertiary/aromatic N) is 1. The molecule has 1 aliphatic rings. The van der Waals surface area contributed by atoms with Crippen molar-refractivity contribution in [3.05, 3.63) is 88.6 Å². The summed E-state index contributed by atoms with van der Waals surface area (Å²) in [5.74, 6) is 1.92. The molecule has 0 N–H and O–H groups in total. The Kier molecular flexibility index (Phi) is 4.19. The van der Waals surface area contributed by atoms with Gasteiger partial charge in [-0.1, -0.05) is 48.0 Å². The quantitative estimate of drug-likeness (QED) is 0.243. The van der Waals surface area contributed by atoms with Crippen molar-refractivity contribution in [2.45, 2.75) is 34.6 Å². The van der Waals surface area contributed by atoms with Crippen LogP contribution in [0.15, 0.2) is 60.8 Å². The van der Waals surface area contributed by atoms with Crippen LogP contribution < -0.4 is 9.30 Å². The Morgan fingerprint density at radius 2 is 1.36 bits per heavy atom. The van der Waals surface area contributed by atoms with Gasteiger partial charge >= 0.3 is 0 Å². The molecular weight excluding hydrogens is 402 g/mol. The molecule has 0 saturated carbocycles. The monoisotopic (exact) mass is 430 g/mol. The highest BCUT2D eigenvalue weighted by atomic mass is 16.5. The molecule has 0 unspecified atom stereocenters. The van der Waals surface area contributed by atoms with Crippen LogP contribution >= 0.6 is 0 Å². The highest BCUT2D eigenvalue weighted by Crippen LogP contribution is 2.54. The van der Waals surface area contributed by atoms with Gasteiger partial charge in [0.25, 0.3) is 0 Å². The molecule has 0 atom stereocenters. The summed E-state index contributed by atoms with van der Waals surface area (Å²) in [6.07, 6.45) is 2.17. The normalized spacial score (nSPS) is 12.2. The summed E-state index contributed by atoms with van der Waals surface area (Å²) in [5, 5.41) is 4.94. The maximum Gasteiger partial charge on any atom is 0.228 e. The van der Waals surface area contributed by atoms with E-state index in [0.717, 1.165) is 11.5 Å². The summed E-state index contributed by atoms with van der Waals surface area (Å²) in [6, 6.07) is 20.0. The van der Waals surface area contributed by atoms with Crippen LogP contribution in [0.2, 0.25) is 0 Å². The zero-order valence-corrected chi connectivity index (χ0v) is 20.1. The van der Waals surface area contributed by atoms with Crippen molar-refractivity contribution in [1.82, 2.24) is 0 Å². The molecule has 0 fully saturated rings. The number of rotatable bonds is 1. The van der Waals surface area contributed by atoms with E-state index in [4.69, 9.17) is 4.74 Å². The minimum absolute atomic E-state index is 0.946. The topological polar surface area (TPSA) is 13.1 Å². The lowest BCUT2D eigenvalue weighted by molar-refractivity contribution is -0.659. The number of fused-ring (bicyclic) bond motifs is 3. The highest BCUT2D eigenvalue weighted by Gasteiger charge is 2.33. The first-order valence-corrected chi connectivity index (χ1v) is 11.6. The van der Waals surface area contributed by atoms with Crippen LogP contribution in [0.5, 0.6) is 11.5 Å². The van der Waals surface area contributed by atoms with Gasteiger partial charge in [-0.3, -0.25) is 0 Å². The molecule has 0 aliphatic carbocycles. The fourth-order valence-electron chi connectivity index (χ4n) is 5.89. The van der Waals surface area contributed by atoms with Crippen molar-refractivity contribution in [3.63, 3.8) is 0 Å². The van der Waals surface area contributed by atoms with Gasteiger partial charge in [-0.15, -0.1) is 0 Å². The van der Waals surface area contributed by atoms with Gasteiger partial charge in [0.05, 0.1) is 10.9 Å². The Balaban J connectivity index is 1.87. The second kappa shape index (κ2) is 6.92. The second-order valence-corrected chi connectivity index (χ2v) is 9.63. The molecule has 2 heteroatoms. The molecule has 0 amide bonds. The van der Waals surface area contributed by atoms with Gasteiger partial charge in [-0.2, -0.15) is 0 Å². The van der Waals surface area contributed by atoms with Crippen molar-refractivity contribution in [2.24, 2.45) is 7.05 Å². The molecule has 0 bridgehead atoms. The minimum atomic E-state index is 0.946. The van der Waals surface area contributed by atoms with E-state index < -0.39 is 0 Å². The Labute approximate surface area is 195 Å². The molecule has 162 valence electrons. The third-order valence-electron chi connectivity index (χ3n) is 7.15. The van der Waals surface area contributed by atoms with Gasteiger partial charge in [0, 0.05) is 11.6 Å². The van der Waals surface area contributed by atoms with Crippen molar-refractivity contribution < 1.29 is 9.30 Å². The van der Waals surface area contributed by atoms with Crippen LogP contribution in [0, 0.1) is 34.6 Å². The predicted molar refractivity (Wildman–Crippen MR) is 137 cm³/mol. The van der Waals surface area contributed by atoms with Crippen molar-refractivity contribution in [3.8, 4) is 33.9 Å². The molecular formula is C31H28NO+. The van der Waals surface area contributed by atoms with Crippen LogP contribution in [0.1, 0.15) is 27.8 Å². The fourth-order valence-corrected chi connectivity index (χ4v) is 5.89. The van der Waals surface area contributed by atoms with Gasteiger partial charge in [0.1, 0.15) is 18.5 Å².